The van der Waals surface area contributed by atoms with E-state index in [0.29, 0.717) is 18.0 Å². The van der Waals surface area contributed by atoms with Crippen LogP contribution in [0.25, 0.3) is 0 Å². The zero-order valence-corrected chi connectivity index (χ0v) is 15.5. The van der Waals surface area contributed by atoms with Crippen molar-refractivity contribution in [3.8, 4) is 11.5 Å². The number of hydrogen-bond acceptors (Lipinski definition) is 5. The van der Waals surface area contributed by atoms with E-state index in [1.807, 2.05) is 49.3 Å². The van der Waals surface area contributed by atoms with Gasteiger partial charge in [-0.25, -0.2) is 0 Å². The first-order valence-corrected chi connectivity index (χ1v) is 8.42. The van der Waals surface area contributed by atoms with Crippen LogP contribution in [-0.4, -0.2) is 45.2 Å². The van der Waals surface area contributed by atoms with Gasteiger partial charge in [0, 0.05) is 6.54 Å². The van der Waals surface area contributed by atoms with E-state index in [4.69, 9.17) is 13.9 Å². The third-order valence-electron chi connectivity index (χ3n) is 3.95. The Hall–Kier alpha value is -2.73. The van der Waals surface area contributed by atoms with Crippen LogP contribution in [-0.2, 0) is 11.2 Å². The number of ether oxygens (including phenoxy) is 2. The van der Waals surface area contributed by atoms with Gasteiger partial charge in [0.2, 0.25) is 0 Å². The van der Waals surface area contributed by atoms with Crippen LogP contribution < -0.4 is 14.8 Å². The fourth-order valence-electron chi connectivity index (χ4n) is 2.55. The minimum Gasteiger partial charge on any atom is -0.493 e. The Labute approximate surface area is 154 Å². The Bertz CT molecular complexity index is 711. The molecule has 0 saturated carbocycles. The van der Waals surface area contributed by atoms with Crippen molar-refractivity contribution in [1.29, 1.82) is 0 Å². The van der Waals surface area contributed by atoms with Crippen molar-refractivity contribution in [2.45, 2.75) is 12.5 Å². The van der Waals surface area contributed by atoms with E-state index in [0.717, 1.165) is 17.7 Å². The predicted octanol–water partition coefficient (Wildman–Crippen LogP) is 2.81. The molecule has 0 bridgehead atoms. The largest absolute Gasteiger partial charge is 0.493 e. The Morgan fingerprint density at radius 1 is 1.35 bits per heavy atom. The third kappa shape index (κ3) is 5.39. The summed E-state index contributed by atoms with van der Waals surface area (Å²) >= 11 is 0. The van der Waals surface area contributed by atoms with Crippen molar-refractivity contribution in [3.63, 3.8) is 0 Å². The number of rotatable bonds is 10. The highest BCUT2D eigenvalue weighted by molar-refractivity contribution is 5.77. The molecule has 0 fully saturated rings. The summed E-state index contributed by atoms with van der Waals surface area (Å²) in [7, 11) is 5.45. The molecule has 0 radical (unpaired) electrons. The van der Waals surface area contributed by atoms with Gasteiger partial charge < -0.3 is 19.2 Å². The van der Waals surface area contributed by atoms with Crippen LogP contribution in [0.5, 0.6) is 11.5 Å². The molecule has 1 atom stereocenters. The number of carbonyl (C=O) groups excluding carboxylic acids is 1. The maximum Gasteiger partial charge on any atom is 0.258 e. The zero-order chi connectivity index (χ0) is 18.9. The lowest BCUT2D eigenvalue weighted by molar-refractivity contribution is -0.123. The molecule has 1 aromatic carbocycles. The molecule has 0 aliphatic rings. The molecule has 1 aromatic heterocycles. The number of benzene rings is 1. The summed E-state index contributed by atoms with van der Waals surface area (Å²) in [5.74, 6) is 1.72. The van der Waals surface area contributed by atoms with Crippen molar-refractivity contribution >= 4 is 5.91 Å². The molecule has 1 amide bonds. The first kappa shape index (κ1) is 19.6. The number of amides is 1. The van der Waals surface area contributed by atoms with E-state index in [9.17, 15) is 4.79 Å². The minimum absolute atomic E-state index is 0.0401. The fraction of sp³-hybridized carbons (Fsp3) is 0.350. The first-order chi connectivity index (χ1) is 12.5. The molecule has 0 aliphatic heterocycles. The Balaban J connectivity index is 1.89. The topological polar surface area (TPSA) is 63.9 Å². The molecular formula is C20H26N2O4. The van der Waals surface area contributed by atoms with Gasteiger partial charge in [0.15, 0.2) is 18.1 Å². The van der Waals surface area contributed by atoms with Crippen molar-refractivity contribution < 1.29 is 18.7 Å². The molecule has 0 aliphatic carbocycles. The summed E-state index contributed by atoms with van der Waals surface area (Å²) in [6.07, 6.45) is 4.19. The second-order valence-corrected chi connectivity index (χ2v) is 6.07. The summed E-state index contributed by atoms with van der Waals surface area (Å²) in [5, 5.41) is 2.87. The quantitative estimate of drug-likeness (QED) is 0.662. The van der Waals surface area contributed by atoms with E-state index < -0.39 is 0 Å². The lowest BCUT2D eigenvalue weighted by atomic mass is 10.1. The van der Waals surface area contributed by atoms with E-state index in [1.165, 1.54) is 0 Å². The first-order valence-electron chi connectivity index (χ1n) is 8.42. The molecule has 6 nitrogen and oxygen atoms in total. The van der Waals surface area contributed by atoms with E-state index in [-0.39, 0.29) is 18.6 Å². The Kier molecular flexibility index (Phi) is 7.29. The average Bonchev–Trinajstić information content (AvgIpc) is 3.15. The molecule has 0 spiro atoms. The van der Waals surface area contributed by atoms with Crippen molar-refractivity contribution in [2.75, 3.05) is 34.4 Å². The van der Waals surface area contributed by atoms with Crippen LogP contribution in [0.3, 0.4) is 0 Å². The molecule has 2 rings (SSSR count). The van der Waals surface area contributed by atoms with E-state index >= 15 is 0 Å². The summed E-state index contributed by atoms with van der Waals surface area (Å²) < 4.78 is 16.4. The lowest BCUT2D eigenvalue weighted by Gasteiger charge is -2.22. The predicted molar refractivity (Wildman–Crippen MR) is 101 cm³/mol. The Morgan fingerprint density at radius 3 is 2.77 bits per heavy atom. The number of methoxy groups -OCH3 is 1. The highest BCUT2D eigenvalue weighted by Gasteiger charge is 2.18. The second-order valence-electron chi connectivity index (χ2n) is 6.07. The molecule has 1 N–H and O–H groups in total. The number of likely N-dealkylation sites (N-methyl/N-ethyl adjacent to an activating group) is 1. The molecule has 0 saturated heterocycles. The molecule has 26 heavy (non-hydrogen) atoms. The summed E-state index contributed by atoms with van der Waals surface area (Å²) in [5.41, 5.74) is 1.07. The van der Waals surface area contributed by atoms with Crippen LogP contribution in [0, 0.1) is 0 Å². The van der Waals surface area contributed by atoms with Gasteiger partial charge in [-0.1, -0.05) is 12.1 Å². The minimum atomic E-state index is -0.208. The van der Waals surface area contributed by atoms with Crippen molar-refractivity contribution in [2.24, 2.45) is 0 Å². The maximum absolute atomic E-state index is 12.1. The van der Waals surface area contributed by atoms with Crippen LogP contribution >= 0.6 is 0 Å². The summed E-state index contributed by atoms with van der Waals surface area (Å²) in [6.45, 7) is 4.06. The monoisotopic (exact) mass is 358 g/mol. The number of nitrogens with one attached hydrogen (secondary N) is 1. The van der Waals surface area contributed by atoms with Crippen LogP contribution in [0.2, 0.25) is 0 Å². The SMILES string of the molecule is C=CCc1ccc(OCC(=O)NCC(c2ccco2)N(C)C)c(OC)c1. The van der Waals surface area contributed by atoms with Gasteiger partial charge in [-0.05, 0) is 50.3 Å². The third-order valence-corrected chi connectivity index (χ3v) is 3.95. The lowest BCUT2D eigenvalue weighted by Crippen LogP contribution is -2.36. The number of nitrogens with zero attached hydrogens (tertiary/aromatic N) is 1. The van der Waals surface area contributed by atoms with Crippen LogP contribution in [0.1, 0.15) is 17.4 Å². The molecule has 1 heterocycles. The normalized spacial score (nSPS) is 11.8. The molecule has 2 aromatic rings. The standard InChI is InChI=1S/C20H26N2O4/c1-5-7-15-9-10-18(19(12-15)24-4)26-14-20(23)21-13-16(22(2)3)17-8-6-11-25-17/h5-6,8-12,16H,1,7,13-14H2,2-4H3,(H,21,23). The highest BCUT2D eigenvalue weighted by atomic mass is 16.5. The van der Waals surface area contributed by atoms with Crippen LogP contribution in [0.15, 0.2) is 53.7 Å². The van der Waals surface area contributed by atoms with Crippen LogP contribution in [0.4, 0.5) is 0 Å². The number of hydrogen-bond donors (Lipinski definition) is 1. The molecule has 1 unspecified atom stereocenters. The van der Waals surface area contributed by atoms with E-state index in [1.54, 1.807) is 19.4 Å². The van der Waals surface area contributed by atoms with Gasteiger partial charge in [-0.3, -0.25) is 9.69 Å². The number of allylic oxidation sites excluding steroid dienone is 1. The van der Waals surface area contributed by atoms with Gasteiger partial charge in [0.05, 0.1) is 19.4 Å². The van der Waals surface area contributed by atoms with Gasteiger partial charge in [0.1, 0.15) is 5.76 Å². The summed E-state index contributed by atoms with van der Waals surface area (Å²) in [4.78, 5) is 14.1. The summed E-state index contributed by atoms with van der Waals surface area (Å²) in [6, 6.07) is 9.30. The zero-order valence-electron chi connectivity index (χ0n) is 15.5. The molecular weight excluding hydrogens is 332 g/mol. The van der Waals surface area contributed by atoms with Crippen molar-refractivity contribution in [1.82, 2.24) is 10.2 Å². The van der Waals surface area contributed by atoms with Gasteiger partial charge in [0.25, 0.3) is 5.91 Å². The maximum atomic E-state index is 12.1. The average molecular weight is 358 g/mol. The second kappa shape index (κ2) is 9.68. The van der Waals surface area contributed by atoms with E-state index in [2.05, 4.69) is 11.9 Å². The number of furan rings is 1. The van der Waals surface area contributed by atoms with Crippen molar-refractivity contribution in [3.05, 3.63) is 60.6 Å². The van der Waals surface area contributed by atoms with Gasteiger partial charge in [-0.2, -0.15) is 0 Å². The highest BCUT2D eigenvalue weighted by Crippen LogP contribution is 2.28. The molecule has 6 heteroatoms. The Morgan fingerprint density at radius 2 is 2.15 bits per heavy atom. The molecule has 140 valence electrons. The smallest absolute Gasteiger partial charge is 0.258 e. The van der Waals surface area contributed by atoms with Gasteiger partial charge in [-0.15, -0.1) is 6.58 Å². The fourth-order valence-corrected chi connectivity index (χ4v) is 2.55. The number of carbonyl (C=O) groups is 1. The van der Waals surface area contributed by atoms with Gasteiger partial charge >= 0.3 is 0 Å².